The summed E-state index contributed by atoms with van der Waals surface area (Å²) in [6.45, 7) is 0. The van der Waals surface area contributed by atoms with E-state index < -0.39 is 5.97 Å². The van der Waals surface area contributed by atoms with E-state index in [2.05, 4.69) is 0 Å². The molecule has 0 saturated heterocycles. The first kappa shape index (κ1) is 16.0. The number of carbonyl (C=O) groups is 2. The normalized spacial score (nSPS) is 10.4. The van der Waals surface area contributed by atoms with Gasteiger partial charge in [0.2, 0.25) is 0 Å². The van der Waals surface area contributed by atoms with Crippen LogP contribution in [0.5, 0.6) is 0 Å². The lowest BCUT2D eigenvalue weighted by Crippen LogP contribution is -2.00. The van der Waals surface area contributed by atoms with Crippen LogP contribution in [0.25, 0.3) is 0 Å². The molecule has 1 N–H and O–H groups in total. The molecule has 3 nitrogen and oxygen atoms in total. The molecule has 0 aromatic heterocycles. The predicted octanol–water partition coefficient (Wildman–Crippen LogP) is 4.60. The standard InChI is InChI=1S/C14H16Cl2O3/c15-11-7-5-6-10(14(11)16)12(17)8-3-1-2-4-9-13(18)19/h5-7H,1-4,8-9H2,(H,18,19). The summed E-state index contributed by atoms with van der Waals surface area (Å²) < 4.78 is 0. The number of halogens is 2. The molecule has 1 aromatic rings. The van der Waals surface area contributed by atoms with Crippen molar-refractivity contribution < 1.29 is 14.7 Å². The first-order valence-electron chi connectivity index (χ1n) is 6.21. The van der Waals surface area contributed by atoms with E-state index in [1.54, 1.807) is 18.2 Å². The van der Waals surface area contributed by atoms with E-state index in [1.165, 1.54) is 0 Å². The fourth-order valence-electron chi connectivity index (χ4n) is 1.77. The molecule has 5 heteroatoms. The van der Waals surface area contributed by atoms with Crippen LogP contribution >= 0.6 is 23.2 Å². The van der Waals surface area contributed by atoms with E-state index in [0.29, 0.717) is 28.5 Å². The minimum absolute atomic E-state index is 0.0225. The van der Waals surface area contributed by atoms with Crippen LogP contribution in [0.2, 0.25) is 10.0 Å². The maximum absolute atomic E-state index is 11.9. The summed E-state index contributed by atoms with van der Waals surface area (Å²) in [7, 11) is 0. The Labute approximate surface area is 122 Å². The fraction of sp³-hybridized carbons (Fsp3) is 0.429. The Kier molecular flexibility index (Phi) is 6.89. The highest BCUT2D eigenvalue weighted by molar-refractivity contribution is 6.43. The van der Waals surface area contributed by atoms with Gasteiger partial charge in [-0.3, -0.25) is 9.59 Å². The molecule has 0 aliphatic heterocycles. The average Bonchev–Trinajstić information content (AvgIpc) is 2.36. The van der Waals surface area contributed by atoms with Crippen LogP contribution in [-0.4, -0.2) is 16.9 Å². The van der Waals surface area contributed by atoms with Crippen molar-refractivity contribution in [1.82, 2.24) is 0 Å². The number of hydrogen-bond acceptors (Lipinski definition) is 2. The number of carboxylic acids is 1. The van der Waals surface area contributed by atoms with E-state index in [0.717, 1.165) is 19.3 Å². The number of aliphatic carboxylic acids is 1. The predicted molar refractivity (Wildman–Crippen MR) is 76.1 cm³/mol. The Morgan fingerprint density at radius 1 is 1.00 bits per heavy atom. The van der Waals surface area contributed by atoms with Gasteiger partial charge in [0.05, 0.1) is 10.0 Å². The second-order valence-corrected chi connectivity index (χ2v) is 5.12. The summed E-state index contributed by atoms with van der Waals surface area (Å²) in [5.41, 5.74) is 0.458. The van der Waals surface area contributed by atoms with E-state index in [4.69, 9.17) is 28.3 Å². The van der Waals surface area contributed by atoms with Crippen molar-refractivity contribution >= 4 is 35.0 Å². The first-order chi connectivity index (χ1) is 9.02. The van der Waals surface area contributed by atoms with Gasteiger partial charge in [-0.1, -0.05) is 42.1 Å². The van der Waals surface area contributed by atoms with Crippen molar-refractivity contribution in [3.8, 4) is 0 Å². The second-order valence-electron chi connectivity index (χ2n) is 4.33. The Morgan fingerprint density at radius 3 is 2.26 bits per heavy atom. The SMILES string of the molecule is O=C(O)CCCCCCC(=O)c1cccc(Cl)c1Cl. The molecule has 0 aliphatic carbocycles. The zero-order chi connectivity index (χ0) is 14.3. The molecular formula is C14H16Cl2O3. The molecule has 0 heterocycles. The Hall–Kier alpha value is -1.06. The third kappa shape index (κ3) is 5.62. The first-order valence-corrected chi connectivity index (χ1v) is 6.97. The maximum Gasteiger partial charge on any atom is 0.303 e. The van der Waals surface area contributed by atoms with Crippen molar-refractivity contribution in [3.05, 3.63) is 33.8 Å². The molecule has 1 aromatic carbocycles. The molecule has 104 valence electrons. The molecule has 0 amide bonds. The van der Waals surface area contributed by atoms with Gasteiger partial charge < -0.3 is 5.11 Å². The van der Waals surface area contributed by atoms with Crippen molar-refractivity contribution in [2.75, 3.05) is 0 Å². The van der Waals surface area contributed by atoms with Gasteiger partial charge in [0.15, 0.2) is 5.78 Å². The Balaban J connectivity index is 2.32. The molecule has 0 radical (unpaired) electrons. The van der Waals surface area contributed by atoms with Gasteiger partial charge in [0, 0.05) is 18.4 Å². The van der Waals surface area contributed by atoms with Gasteiger partial charge in [-0.25, -0.2) is 0 Å². The lowest BCUT2D eigenvalue weighted by atomic mass is 10.0. The van der Waals surface area contributed by atoms with Crippen LogP contribution < -0.4 is 0 Å². The second kappa shape index (κ2) is 8.18. The number of hydrogen-bond donors (Lipinski definition) is 1. The number of benzene rings is 1. The summed E-state index contributed by atoms with van der Waals surface area (Å²) in [5, 5.41) is 9.17. The van der Waals surface area contributed by atoms with Gasteiger partial charge in [-0.2, -0.15) is 0 Å². The van der Waals surface area contributed by atoms with Gasteiger partial charge in [0.1, 0.15) is 0 Å². The van der Waals surface area contributed by atoms with E-state index in [1.807, 2.05) is 0 Å². The quantitative estimate of drug-likeness (QED) is 0.564. The van der Waals surface area contributed by atoms with Crippen LogP contribution in [0.4, 0.5) is 0 Å². The summed E-state index contributed by atoms with van der Waals surface area (Å²) in [6.07, 6.45) is 3.66. The fourth-order valence-corrected chi connectivity index (χ4v) is 2.18. The summed E-state index contributed by atoms with van der Waals surface area (Å²) in [4.78, 5) is 22.2. The lowest BCUT2D eigenvalue weighted by Gasteiger charge is -2.04. The third-order valence-corrected chi connectivity index (χ3v) is 3.62. The molecule has 0 atom stereocenters. The van der Waals surface area contributed by atoms with Crippen LogP contribution in [-0.2, 0) is 4.79 Å². The highest BCUT2D eigenvalue weighted by atomic mass is 35.5. The van der Waals surface area contributed by atoms with E-state index in [-0.39, 0.29) is 12.2 Å². The van der Waals surface area contributed by atoms with Crippen LogP contribution in [0.15, 0.2) is 18.2 Å². The molecule has 1 rings (SSSR count). The van der Waals surface area contributed by atoms with Crippen LogP contribution in [0.1, 0.15) is 48.9 Å². The molecule has 0 bridgehead atoms. The molecule has 0 saturated carbocycles. The number of carboxylic acid groups (broad SMARTS) is 1. The average molecular weight is 303 g/mol. The summed E-state index contributed by atoms with van der Waals surface area (Å²) in [5.74, 6) is -0.799. The minimum Gasteiger partial charge on any atom is -0.481 e. The van der Waals surface area contributed by atoms with Crippen molar-refractivity contribution in [3.63, 3.8) is 0 Å². The van der Waals surface area contributed by atoms with E-state index >= 15 is 0 Å². The molecule has 0 fully saturated rings. The van der Waals surface area contributed by atoms with Gasteiger partial charge in [0.25, 0.3) is 0 Å². The number of carbonyl (C=O) groups excluding carboxylic acids is 1. The van der Waals surface area contributed by atoms with Crippen molar-refractivity contribution in [2.45, 2.75) is 38.5 Å². The summed E-state index contributed by atoms with van der Waals surface area (Å²) >= 11 is 11.8. The largest absolute Gasteiger partial charge is 0.481 e. The van der Waals surface area contributed by atoms with Gasteiger partial charge >= 0.3 is 5.97 Å². The monoisotopic (exact) mass is 302 g/mol. The Morgan fingerprint density at radius 2 is 1.63 bits per heavy atom. The number of Topliss-reactive ketones (excluding diaryl/α,β-unsaturated/α-hetero) is 1. The minimum atomic E-state index is -0.776. The lowest BCUT2D eigenvalue weighted by molar-refractivity contribution is -0.137. The molecule has 19 heavy (non-hydrogen) atoms. The summed E-state index contributed by atoms with van der Waals surface area (Å²) in [6, 6.07) is 5.02. The topological polar surface area (TPSA) is 54.4 Å². The Bertz CT molecular complexity index is 458. The number of unbranched alkanes of at least 4 members (excludes halogenated alkanes) is 3. The highest BCUT2D eigenvalue weighted by Gasteiger charge is 2.11. The third-order valence-electron chi connectivity index (χ3n) is 2.80. The smallest absolute Gasteiger partial charge is 0.303 e. The highest BCUT2D eigenvalue weighted by Crippen LogP contribution is 2.26. The zero-order valence-corrected chi connectivity index (χ0v) is 12.0. The maximum atomic E-state index is 11.9. The van der Waals surface area contributed by atoms with Gasteiger partial charge in [-0.15, -0.1) is 0 Å². The van der Waals surface area contributed by atoms with Crippen LogP contribution in [0, 0.1) is 0 Å². The van der Waals surface area contributed by atoms with Crippen molar-refractivity contribution in [1.29, 1.82) is 0 Å². The number of ketones is 1. The molecule has 0 spiro atoms. The molecular weight excluding hydrogens is 287 g/mol. The zero-order valence-electron chi connectivity index (χ0n) is 10.5. The van der Waals surface area contributed by atoms with Crippen LogP contribution in [0.3, 0.4) is 0 Å². The number of rotatable bonds is 8. The van der Waals surface area contributed by atoms with Crippen molar-refractivity contribution in [2.24, 2.45) is 0 Å². The molecule has 0 unspecified atom stereocenters. The van der Waals surface area contributed by atoms with E-state index in [9.17, 15) is 9.59 Å². The van der Waals surface area contributed by atoms with Gasteiger partial charge in [-0.05, 0) is 25.0 Å². The molecule has 0 aliphatic rings.